The zero-order valence-electron chi connectivity index (χ0n) is 12.7. The van der Waals surface area contributed by atoms with Gasteiger partial charge < -0.3 is 9.47 Å². The number of nitrogens with zero attached hydrogens (tertiary/aromatic N) is 1. The van der Waals surface area contributed by atoms with E-state index in [0.717, 1.165) is 17.5 Å². The number of fused-ring (bicyclic) bond motifs is 1. The van der Waals surface area contributed by atoms with Crippen LogP contribution in [0.5, 0.6) is 0 Å². The molecule has 5 nitrogen and oxygen atoms in total. The zero-order valence-corrected chi connectivity index (χ0v) is 12.7. The smallest absolute Gasteiger partial charge is 0.410 e. The molecule has 0 radical (unpaired) electrons. The molecule has 0 saturated carbocycles. The van der Waals surface area contributed by atoms with Crippen LogP contribution in [0.25, 0.3) is 0 Å². The number of aryl methyl sites for hydroxylation is 1. The Balaban J connectivity index is 2.32. The Morgan fingerprint density at radius 3 is 2.67 bits per heavy atom. The molecule has 1 aliphatic heterocycles. The van der Waals surface area contributed by atoms with Crippen LogP contribution in [0.1, 0.15) is 30.5 Å². The maximum absolute atomic E-state index is 12.1. The van der Waals surface area contributed by atoms with Gasteiger partial charge in [0.05, 0.1) is 20.3 Å². The van der Waals surface area contributed by atoms with Gasteiger partial charge in [0.2, 0.25) is 0 Å². The van der Waals surface area contributed by atoms with Gasteiger partial charge in [-0.2, -0.15) is 0 Å². The first kappa shape index (κ1) is 15.4. The molecule has 5 heteroatoms. The van der Waals surface area contributed by atoms with Crippen LogP contribution in [0.2, 0.25) is 0 Å². The highest BCUT2D eigenvalue weighted by molar-refractivity contribution is 5.82. The van der Waals surface area contributed by atoms with Gasteiger partial charge in [-0.1, -0.05) is 25.1 Å². The lowest BCUT2D eigenvalue weighted by atomic mass is 9.92. The van der Waals surface area contributed by atoms with Crippen LogP contribution in [-0.2, 0) is 33.7 Å². The molecule has 1 aromatic rings. The minimum atomic E-state index is -0.617. The van der Waals surface area contributed by atoms with E-state index in [0.29, 0.717) is 13.0 Å². The number of methoxy groups -OCH3 is 1. The lowest BCUT2D eigenvalue weighted by Gasteiger charge is -2.34. The predicted octanol–water partition coefficient (Wildman–Crippen LogP) is 2.31. The number of hydrogen-bond acceptors (Lipinski definition) is 4. The van der Waals surface area contributed by atoms with Crippen molar-refractivity contribution in [3.8, 4) is 0 Å². The average Bonchev–Trinajstić information content (AvgIpc) is 2.52. The maximum Gasteiger partial charge on any atom is 0.410 e. The van der Waals surface area contributed by atoms with Crippen molar-refractivity contribution < 1.29 is 19.1 Å². The Hall–Kier alpha value is -2.04. The highest BCUT2D eigenvalue weighted by Crippen LogP contribution is 2.26. The van der Waals surface area contributed by atoms with Gasteiger partial charge in [-0.3, -0.25) is 4.90 Å². The molecule has 0 aliphatic carbocycles. The average molecular weight is 291 g/mol. The van der Waals surface area contributed by atoms with Crippen molar-refractivity contribution >= 4 is 12.1 Å². The number of carbonyl (C=O) groups is 2. The summed E-state index contributed by atoms with van der Waals surface area (Å²) in [6, 6.07) is 5.57. The van der Waals surface area contributed by atoms with Gasteiger partial charge in [-0.15, -0.1) is 0 Å². The van der Waals surface area contributed by atoms with Gasteiger partial charge in [0, 0.05) is 6.42 Å². The van der Waals surface area contributed by atoms with Crippen molar-refractivity contribution in [1.82, 2.24) is 4.90 Å². The van der Waals surface area contributed by atoms with Gasteiger partial charge in [0.25, 0.3) is 0 Å². The summed E-state index contributed by atoms with van der Waals surface area (Å²) < 4.78 is 9.88. The molecule has 1 aliphatic rings. The van der Waals surface area contributed by atoms with Gasteiger partial charge in [-0.05, 0) is 30.0 Å². The Bertz CT molecular complexity index is 541. The van der Waals surface area contributed by atoms with Gasteiger partial charge >= 0.3 is 12.1 Å². The number of carbonyl (C=O) groups excluding carboxylic acids is 2. The number of hydrogen-bond donors (Lipinski definition) is 0. The second kappa shape index (κ2) is 6.61. The topological polar surface area (TPSA) is 55.8 Å². The molecule has 0 spiro atoms. The lowest BCUT2D eigenvalue weighted by Crippen LogP contribution is -2.49. The summed E-state index contributed by atoms with van der Waals surface area (Å²) in [7, 11) is 1.34. The summed E-state index contributed by atoms with van der Waals surface area (Å²) in [4.78, 5) is 25.5. The number of rotatable bonds is 3. The van der Waals surface area contributed by atoms with Gasteiger partial charge in [0.1, 0.15) is 6.04 Å². The standard InChI is InChI=1S/C16H21NO4/c1-4-11-6-7-12-10-17(16(19)21-5-2)14(15(18)20-3)9-13(12)8-11/h6-8,14H,4-5,9-10H2,1-3H3/t14-/m1/s1. The molecule has 0 bridgehead atoms. The molecule has 1 heterocycles. The fourth-order valence-electron chi connectivity index (χ4n) is 2.60. The molecule has 114 valence electrons. The normalized spacial score (nSPS) is 17.1. The van der Waals surface area contributed by atoms with Crippen LogP contribution in [-0.4, -0.2) is 36.7 Å². The monoisotopic (exact) mass is 291 g/mol. The van der Waals surface area contributed by atoms with Crippen LogP contribution in [0.3, 0.4) is 0 Å². The Morgan fingerprint density at radius 1 is 1.29 bits per heavy atom. The Kier molecular flexibility index (Phi) is 4.83. The summed E-state index contributed by atoms with van der Waals surface area (Å²) >= 11 is 0. The minimum absolute atomic E-state index is 0.283. The van der Waals surface area contributed by atoms with Crippen LogP contribution in [0, 0.1) is 0 Å². The number of ether oxygens (including phenoxy) is 2. The molecule has 0 aromatic heterocycles. The van der Waals surface area contributed by atoms with Crippen molar-refractivity contribution in [2.45, 2.75) is 39.3 Å². The second-order valence-corrected chi connectivity index (χ2v) is 5.03. The first-order chi connectivity index (χ1) is 10.1. The van der Waals surface area contributed by atoms with E-state index < -0.39 is 18.1 Å². The largest absolute Gasteiger partial charge is 0.467 e. The lowest BCUT2D eigenvalue weighted by molar-refractivity contribution is -0.147. The van der Waals surface area contributed by atoms with E-state index in [1.54, 1.807) is 6.92 Å². The van der Waals surface area contributed by atoms with E-state index in [-0.39, 0.29) is 6.61 Å². The number of benzene rings is 1. The highest BCUT2D eigenvalue weighted by Gasteiger charge is 2.36. The number of amides is 1. The molecular formula is C16H21NO4. The summed E-state index contributed by atoms with van der Waals surface area (Å²) in [5.41, 5.74) is 3.38. The summed E-state index contributed by atoms with van der Waals surface area (Å²) in [5, 5.41) is 0. The molecule has 0 saturated heterocycles. The summed E-state index contributed by atoms with van der Waals surface area (Å²) in [6.45, 7) is 4.49. The third-order valence-electron chi connectivity index (χ3n) is 3.78. The van der Waals surface area contributed by atoms with Crippen molar-refractivity contribution in [1.29, 1.82) is 0 Å². The van der Waals surface area contributed by atoms with Gasteiger partial charge in [0.15, 0.2) is 0 Å². The van der Waals surface area contributed by atoms with Crippen molar-refractivity contribution in [2.75, 3.05) is 13.7 Å². The van der Waals surface area contributed by atoms with E-state index in [2.05, 4.69) is 19.1 Å². The molecular weight excluding hydrogens is 270 g/mol. The summed E-state index contributed by atoms with van der Waals surface area (Å²) in [5.74, 6) is -0.407. The van der Waals surface area contributed by atoms with Crippen LogP contribution >= 0.6 is 0 Å². The molecule has 0 N–H and O–H groups in total. The molecule has 0 unspecified atom stereocenters. The zero-order chi connectivity index (χ0) is 15.4. The van der Waals surface area contributed by atoms with Crippen molar-refractivity contribution in [3.63, 3.8) is 0 Å². The fourth-order valence-corrected chi connectivity index (χ4v) is 2.60. The SMILES string of the molecule is CCOC(=O)N1Cc2ccc(CC)cc2C[C@@H]1C(=O)OC. The fraction of sp³-hybridized carbons (Fsp3) is 0.500. The van der Waals surface area contributed by atoms with Crippen LogP contribution < -0.4 is 0 Å². The van der Waals surface area contributed by atoms with Crippen molar-refractivity contribution in [2.24, 2.45) is 0 Å². The van der Waals surface area contributed by atoms with Crippen LogP contribution in [0.4, 0.5) is 4.79 Å². The summed E-state index contributed by atoms with van der Waals surface area (Å²) in [6.07, 6.45) is 0.935. The van der Waals surface area contributed by atoms with E-state index >= 15 is 0 Å². The number of esters is 1. The Labute approximate surface area is 124 Å². The minimum Gasteiger partial charge on any atom is -0.467 e. The maximum atomic E-state index is 12.1. The Morgan fingerprint density at radius 2 is 2.05 bits per heavy atom. The van der Waals surface area contributed by atoms with Gasteiger partial charge in [-0.25, -0.2) is 9.59 Å². The van der Waals surface area contributed by atoms with E-state index in [9.17, 15) is 9.59 Å². The quantitative estimate of drug-likeness (QED) is 0.802. The van der Waals surface area contributed by atoms with Crippen LogP contribution in [0.15, 0.2) is 18.2 Å². The van der Waals surface area contributed by atoms with E-state index in [4.69, 9.17) is 9.47 Å². The third kappa shape index (κ3) is 3.17. The molecule has 1 atom stereocenters. The second-order valence-electron chi connectivity index (χ2n) is 5.03. The molecule has 0 fully saturated rings. The molecule has 1 aromatic carbocycles. The predicted molar refractivity (Wildman–Crippen MR) is 77.9 cm³/mol. The van der Waals surface area contributed by atoms with E-state index in [1.165, 1.54) is 17.6 Å². The molecule has 1 amide bonds. The first-order valence-corrected chi connectivity index (χ1v) is 7.22. The van der Waals surface area contributed by atoms with E-state index in [1.807, 2.05) is 6.07 Å². The first-order valence-electron chi connectivity index (χ1n) is 7.22. The highest BCUT2D eigenvalue weighted by atomic mass is 16.6. The molecule has 2 rings (SSSR count). The molecule has 21 heavy (non-hydrogen) atoms. The van der Waals surface area contributed by atoms with Crippen molar-refractivity contribution in [3.05, 3.63) is 34.9 Å². The third-order valence-corrected chi connectivity index (χ3v) is 3.78.